The monoisotopic (exact) mass is 467 g/mol. The number of hydrogen-bond acceptors (Lipinski definition) is 3. The van der Waals surface area contributed by atoms with Crippen LogP contribution >= 0.6 is 15.9 Å². The lowest BCUT2D eigenvalue weighted by molar-refractivity contribution is 0.208. The molecule has 0 spiro atoms. The molecule has 0 saturated carbocycles. The zero-order valence-electron chi connectivity index (χ0n) is 16.1. The third-order valence-corrected chi connectivity index (χ3v) is 5.88. The van der Waals surface area contributed by atoms with E-state index in [0.29, 0.717) is 26.2 Å². The molecule has 0 unspecified atom stereocenters. The molecule has 0 atom stereocenters. The van der Waals surface area contributed by atoms with Gasteiger partial charge in [-0.25, -0.2) is 14.2 Å². The van der Waals surface area contributed by atoms with Crippen molar-refractivity contribution < 1.29 is 9.18 Å². The van der Waals surface area contributed by atoms with Gasteiger partial charge in [0.15, 0.2) is 5.82 Å². The van der Waals surface area contributed by atoms with Gasteiger partial charge in [0.1, 0.15) is 5.82 Å². The molecule has 1 fully saturated rings. The van der Waals surface area contributed by atoms with Crippen molar-refractivity contribution in [1.29, 1.82) is 0 Å². The van der Waals surface area contributed by atoms with Crippen molar-refractivity contribution in [3.8, 4) is 0 Å². The summed E-state index contributed by atoms with van der Waals surface area (Å²) < 4.78 is 16.9. The van der Waals surface area contributed by atoms with Crippen LogP contribution in [0.1, 0.15) is 0 Å². The number of amides is 2. The quantitative estimate of drug-likeness (QED) is 0.463. The molecule has 1 aliphatic heterocycles. The number of carbonyl (C=O) groups is 1. The number of rotatable bonds is 2. The molecular weight excluding hydrogens is 449 g/mol. The maximum atomic E-state index is 13.8. The molecule has 1 N–H and O–H groups in total. The Kier molecular flexibility index (Phi) is 4.78. The fourth-order valence-electron chi connectivity index (χ4n) is 3.85. The summed E-state index contributed by atoms with van der Waals surface area (Å²) in [5.74, 6) is 0.464. The maximum absolute atomic E-state index is 13.8. The summed E-state index contributed by atoms with van der Waals surface area (Å²) >= 11 is 3.52. The van der Waals surface area contributed by atoms with E-state index in [1.807, 2.05) is 30.5 Å². The molecule has 4 aromatic rings. The molecule has 30 heavy (non-hydrogen) atoms. The molecule has 0 bridgehead atoms. The maximum Gasteiger partial charge on any atom is 0.322 e. The van der Waals surface area contributed by atoms with Gasteiger partial charge in [-0.3, -0.25) is 0 Å². The summed E-state index contributed by atoms with van der Waals surface area (Å²) in [6.07, 6.45) is 2.04. The Balaban J connectivity index is 1.36. The van der Waals surface area contributed by atoms with Crippen LogP contribution in [0.2, 0.25) is 0 Å². The number of anilines is 2. The Hall–Kier alpha value is -3.13. The van der Waals surface area contributed by atoms with E-state index in [9.17, 15) is 9.18 Å². The molecule has 2 aromatic heterocycles. The van der Waals surface area contributed by atoms with E-state index in [0.717, 1.165) is 26.8 Å². The second kappa shape index (κ2) is 7.60. The number of piperazine rings is 1. The van der Waals surface area contributed by atoms with Crippen molar-refractivity contribution in [2.24, 2.45) is 0 Å². The zero-order valence-corrected chi connectivity index (χ0v) is 17.6. The number of nitrogens with zero attached hydrogens (tertiary/aromatic N) is 4. The second-order valence-corrected chi connectivity index (χ2v) is 8.13. The normalized spacial score (nSPS) is 14.5. The number of hydrogen-bond donors (Lipinski definition) is 1. The van der Waals surface area contributed by atoms with Crippen molar-refractivity contribution in [2.75, 3.05) is 36.4 Å². The molecule has 2 amide bonds. The number of benzene rings is 2. The van der Waals surface area contributed by atoms with E-state index in [4.69, 9.17) is 4.98 Å². The number of aromatic nitrogens is 2. The Morgan fingerprint density at radius 1 is 1.00 bits per heavy atom. The highest BCUT2D eigenvalue weighted by Crippen LogP contribution is 2.28. The number of carbonyl (C=O) groups excluding carboxylic acids is 1. The highest BCUT2D eigenvalue weighted by Gasteiger charge is 2.24. The van der Waals surface area contributed by atoms with Crippen LogP contribution < -0.4 is 10.2 Å². The van der Waals surface area contributed by atoms with Crippen LogP contribution in [0.25, 0.3) is 16.6 Å². The Bertz CT molecular complexity index is 1250. The van der Waals surface area contributed by atoms with Gasteiger partial charge in [-0.2, -0.15) is 0 Å². The third-order valence-electron chi connectivity index (χ3n) is 5.38. The minimum atomic E-state index is -0.438. The van der Waals surface area contributed by atoms with E-state index in [1.165, 1.54) is 6.07 Å². The molecule has 1 saturated heterocycles. The highest BCUT2D eigenvalue weighted by molar-refractivity contribution is 9.10. The number of urea groups is 1. The lowest BCUT2D eigenvalue weighted by atomic mass is 10.2. The van der Waals surface area contributed by atoms with Gasteiger partial charge in [0.25, 0.3) is 0 Å². The largest absolute Gasteiger partial charge is 0.351 e. The Labute approximate surface area is 181 Å². The summed E-state index contributed by atoms with van der Waals surface area (Å²) in [7, 11) is 0. The van der Waals surface area contributed by atoms with Crippen LogP contribution in [-0.2, 0) is 0 Å². The molecule has 1 aliphatic rings. The van der Waals surface area contributed by atoms with Crippen LogP contribution in [0, 0.1) is 5.82 Å². The average molecular weight is 468 g/mol. The van der Waals surface area contributed by atoms with E-state index in [1.54, 1.807) is 23.1 Å². The van der Waals surface area contributed by atoms with Crippen molar-refractivity contribution in [2.45, 2.75) is 0 Å². The van der Waals surface area contributed by atoms with Gasteiger partial charge in [0.2, 0.25) is 0 Å². The molecular formula is C22H19BrFN5O. The molecule has 0 radical (unpaired) electrons. The first-order valence-electron chi connectivity index (χ1n) is 9.72. The lowest BCUT2D eigenvalue weighted by Gasteiger charge is -2.35. The standard InChI is InChI=1S/C22H19BrFN5O/c23-15-7-8-19-18(14-15)25-21(20-6-3-9-29(19)20)27-10-12-28(13-11-27)22(30)26-17-5-2-1-4-16(17)24/h1-9,14H,10-13H2,(H,26,30). The molecule has 3 heterocycles. The number of halogens is 2. The predicted molar refractivity (Wildman–Crippen MR) is 120 cm³/mol. The van der Waals surface area contributed by atoms with E-state index < -0.39 is 5.82 Å². The van der Waals surface area contributed by atoms with Gasteiger partial charge >= 0.3 is 6.03 Å². The summed E-state index contributed by atoms with van der Waals surface area (Å²) in [5.41, 5.74) is 3.18. The molecule has 5 rings (SSSR count). The van der Waals surface area contributed by atoms with Gasteiger partial charge in [0.05, 0.1) is 22.2 Å². The first kappa shape index (κ1) is 18.9. The van der Waals surface area contributed by atoms with Crippen molar-refractivity contribution in [3.63, 3.8) is 0 Å². The second-order valence-electron chi connectivity index (χ2n) is 7.22. The van der Waals surface area contributed by atoms with Crippen molar-refractivity contribution in [1.82, 2.24) is 14.3 Å². The summed E-state index contributed by atoms with van der Waals surface area (Å²) in [5, 5.41) is 2.66. The van der Waals surface area contributed by atoms with E-state index in [-0.39, 0.29) is 11.7 Å². The minimum absolute atomic E-state index is 0.196. The first-order valence-corrected chi connectivity index (χ1v) is 10.5. The highest BCUT2D eigenvalue weighted by atomic mass is 79.9. The first-order chi connectivity index (χ1) is 14.6. The predicted octanol–water partition coefficient (Wildman–Crippen LogP) is 4.74. The summed E-state index contributed by atoms with van der Waals surface area (Å²) in [6.45, 7) is 2.37. The van der Waals surface area contributed by atoms with Gasteiger partial charge in [0, 0.05) is 36.8 Å². The third kappa shape index (κ3) is 3.37. The fourth-order valence-corrected chi connectivity index (χ4v) is 4.19. The van der Waals surface area contributed by atoms with Crippen LogP contribution in [0.15, 0.2) is 65.3 Å². The minimum Gasteiger partial charge on any atom is -0.351 e. The Morgan fingerprint density at radius 3 is 2.60 bits per heavy atom. The smallest absolute Gasteiger partial charge is 0.322 e. The average Bonchev–Trinajstić information content (AvgIpc) is 3.25. The lowest BCUT2D eigenvalue weighted by Crippen LogP contribution is -2.50. The zero-order chi connectivity index (χ0) is 20.7. The van der Waals surface area contributed by atoms with Gasteiger partial charge in [-0.1, -0.05) is 28.1 Å². The molecule has 2 aromatic carbocycles. The van der Waals surface area contributed by atoms with E-state index >= 15 is 0 Å². The summed E-state index contributed by atoms with van der Waals surface area (Å²) in [4.78, 5) is 21.4. The number of nitrogens with one attached hydrogen (secondary N) is 1. The van der Waals surface area contributed by atoms with Gasteiger partial charge < -0.3 is 19.5 Å². The number of fused-ring (bicyclic) bond motifs is 3. The fraction of sp³-hybridized carbons (Fsp3) is 0.182. The Morgan fingerprint density at radius 2 is 1.80 bits per heavy atom. The molecule has 8 heteroatoms. The van der Waals surface area contributed by atoms with Crippen LogP contribution in [-0.4, -0.2) is 46.5 Å². The van der Waals surface area contributed by atoms with Gasteiger partial charge in [-0.15, -0.1) is 0 Å². The SMILES string of the molecule is O=C(Nc1ccccc1F)N1CCN(c2nc3cc(Br)ccc3n3cccc23)CC1. The van der Waals surface area contributed by atoms with Crippen LogP contribution in [0.5, 0.6) is 0 Å². The van der Waals surface area contributed by atoms with Crippen molar-refractivity contribution >= 4 is 50.0 Å². The van der Waals surface area contributed by atoms with Crippen molar-refractivity contribution in [3.05, 3.63) is 71.1 Å². The summed E-state index contributed by atoms with van der Waals surface area (Å²) in [6, 6.07) is 16.0. The molecule has 0 aliphatic carbocycles. The van der Waals surface area contributed by atoms with Crippen LogP contribution in [0.3, 0.4) is 0 Å². The molecule has 6 nitrogen and oxygen atoms in total. The van der Waals surface area contributed by atoms with E-state index in [2.05, 4.69) is 36.6 Å². The number of para-hydroxylation sites is 1. The van der Waals surface area contributed by atoms with Gasteiger partial charge in [-0.05, 0) is 42.5 Å². The molecule has 152 valence electrons. The topological polar surface area (TPSA) is 52.9 Å². The van der Waals surface area contributed by atoms with Crippen LogP contribution in [0.4, 0.5) is 20.7 Å².